The zero-order valence-electron chi connectivity index (χ0n) is 17.0. The van der Waals surface area contributed by atoms with E-state index in [2.05, 4.69) is 38.3 Å². The van der Waals surface area contributed by atoms with Gasteiger partial charge in [-0.15, -0.1) is 0 Å². The minimum absolute atomic E-state index is 0.142. The van der Waals surface area contributed by atoms with Crippen LogP contribution in [0.5, 0.6) is 0 Å². The number of anilines is 1. The van der Waals surface area contributed by atoms with E-state index in [-0.39, 0.29) is 10.9 Å². The molecule has 0 atom stereocenters. The van der Waals surface area contributed by atoms with E-state index in [1.54, 1.807) is 29.2 Å². The number of para-hydroxylation sites is 1. The van der Waals surface area contributed by atoms with Gasteiger partial charge in [-0.3, -0.25) is 0 Å². The summed E-state index contributed by atoms with van der Waals surface area (Å²) in [5.41, 5.74) is 1.15. The molecule has 1 heterocycles. The first-order valence-electron chi connectivity index (χ1n) is 9.92. The van der Waals surface area contributed by atoms with Gasteiger partial charge in [0.2, 0.25) is 10.0 Å². The minimum Gasteiger partial charge on any atom is -0.375 e. The molecule has 1 saturated heterocycles. The SMILES string of the molecule is CN(CCCNC(=O)N1CCN(S(=O)(=O)c2cccc(Br)c2)CC1)c1ccccc1. The fourth-order valence-corrected chi connectivity index (χ4v) is 5.36. The van der Waals surface area contributed by atoms with Crippen molar-refractivity contribution < 1.29 is 13.2 Å². The normalized spacial score (nSPS) is 15.1. The number of sulfonamides is 1. The number of benzene rings is 2. The monoisotopic (exact) mass is 494 g/mol. The molecule has 9 heteroatoms. The van der Waals surface area contributed by atoms with E-state index in [9.17, 15) is 13.2 Å². The highest BCUT2D eigenvalue weighted by Gasteiger charge is 2.30. The van der Waals surface area contributed by atoms with Crippen molar-refractivity contribution >= 4 is 37.7 Å². The summed E-state index contributed by atoms with van der Waals surface area (Å²) in [5.74, 6) is 0. The summed E-state index contributed by atoms with van der Waals surface area (Å²) in [6.45, 7) is 2.75. The number of amides is 2. The van der Waals surface area contributed by atoms with Gasteiger partial charge in [-0.05, 0) is 36.8 Å². The number of carbonyl (C=O) groups excluding carboxylic acids is 1. The van der Waals surface area contributed by atoms with Crippen LogP contribution in [0.2, 0.25) is 0 Å². The molecule has 0 aliphatic carbocycles. The summed E-state index contributed by atoms with van der Waals surface area (Å²) < 4.78 is 27.7. The first kappa shape index (κ1) is 22.6. The molecular weight excluding hydrogens is 468 g/mol. The number of nitrogens with one attached hydrogen (secondary N) is 1. The second-order valence-corrected chi connectivity index (χ2v) is 10.0. The van der Waals surface area contributed by atoms with E-state index >= 15 is 0 Å². The number of hydrogen-bond donors (Lipinski definition) is 1. The van der Waals surface area contributed by atoms with Crippen LogP contribution in [0.4, 0.5) is 10.5 Å². The van der Waals surface area contributed by atoms with Crippen molar-refractivity contribution in [3.63, 3.8) is 0 Å². The van der Waals surface area contributed by atoms with Crippen LogP contribution in [-0.4, -0.2) is 70.0 Å². The first-order valence-corrected chi connectivity index (χ1v) is 12.2. The molecule has 162 valence electrons. The van der Waals surface area contributed by atoms with Gasteiger partial charge in [-0.25, -0.2) is 13.2 Å². The van der Waals surface area contributed by atoms with Gasteiger partial charge in [0.15, 0.2) is 0 Å². The van der Waals surface area contributed by atoms with Crippen LogP contribution in [0.25, 0.3) is 0 Å². The van der Waals surface area contributed by atoms with Crippen molar-refractivity contribution in [1.82, 2.24) is 14.5 Å². The van der Waals surface area contributed by atoms with Crippen LogP contribution in [0.3, 0.4) is 0 Å². The van der Waals surface area contributed by atoms with Crippen molar-refractivity contribution in [1.29, 1.82) is 0 Å². The quantitative estimate of drug-likeness (QED) is 0.600. The average Bonchev–Trinajstić information content (AvgIpc) is 2.77. The van der Waals surface area contributed by atoms with Crippen LogP contribution < -0.4 is 10.2 Å². The molecule has 1 N–H and O–H groups in total. The van der Waals surface area contributed by atoms with Crippen molar-refractivity contribution in [3.8, 4) is 0 Å². The first-order chi connectivity index (χ1) is 14.4. The molecule has 0 bridgehead atoms. The van der Waals surface area contributed by atoms with Crippen molar-refractivity contribution in [2.45, 2.75) is 11.3 Å². The summed E-state index contributed by atoms with van der Waals surface area (Å²) in [5, 5.41) is 2.94. The Morgan fingerprint density at radius 2 is 1.77 bits per heavy atom. The van der Waals surface area contributed by atoms with E-state index in [4.69, 9.17) is 0 Å². The summed E-state index contributed by atoms with van der Waals surface area (Å²) >= 11 is 3.31. The summed E-state index contributed by atoms with van der Waals surface area (Å²) in [7, 11) is -1.52. The fraction of sp³-hybridized carbons (Fsp3) is 0.381. The Hall–Kier alpha value is -2.10. The van der Waals surface area contributed by atoms with Crippen LogP contribution in [0.15, 0.2) is 64.0 Å². The molecule has 1 aliphatic rings. The number of piperazine rings is 1. The zero-order valence-corrected chi connectivity index (χ0v) is 19.4. The van der Waals surface area contributed by atoms with Crippen LogP contribution in [0, 0.1) is 0 Å². The van der Waals surface area contributed by atoms with E-state index in [1.807, 2.05) is 25.2 Å². The maximum atomic E-state index is 12.8. The summed E-state index contributed by atoms with van der Waals surface area (Å²) in [6.07, 6.45) is 0.828. The highest BCUT2D eigenvalue weighted by atomic mass is 79.9. The largest absolute Gasteiger partial charge is 0.375 e. The smallest absolute Gasteiger partial charge is 0.317 e. The predicted octanol–water partition coefficient (Wildman–Crippen LogP) is 2.99. The molecule has 2 amide bonds. The Balaban J connectivity index is 1.42. The lowest BCUT2D eigenvalue weighted by Gasteiger charge is -2.34. The Morgan fingerprint density at radius 3 is 2.43 bits per heavy atom. The molecule has 2 aromatic rings. The van der Waals surface area contributed by atoms with Gasteiger partial charge in [0.05, 0.1) is 4.90 Å². The molecule has 1 fully saturated rings. The number of nitrogens with zero attached hydrogens (tertiary/aromatic N) is 3. The van der Waals surface area contributed by atoms with Gasteiger partial charge >= 0.3 is 6.03 Å². The number of rotatable bonds is 7. The lowest BCUT2D eigenvalue weighted by Crippen LogP contribution is -2.53. The average molecular weight is 495 g/mol. The van der Waals surface area contributed by atoms with Crippen molar-refractivity contribution in [3.05, 3.63) is 59.1 Å². The van der Waals surface area contributed by atoms with Crippen LogP contribution in [-0.2, 0) is 10.0 Å². The molecule has 0 unspecified atom stereocenters. The third-order valence-corrected chi connectivity index (χ3v) is 7.49. The second kappa shape index (κ2) is 10.3. The highest BCUT2D eigenvalue weighted by molar-refractivity contribution is 9.10. The molecule has 0 spiro atoms. The molecule has 2 aromatic carbocycles. The second-order valence-electron chi connectivity index (χ2n) is 7.19. The molecule has 0 aromatic heterocycles. The molecule has 0 radical (unpaired) electrons. The van der Waals surface area contributed by atoms with Gasteiger partial charge in [-0.2, -0.15) is 4.31 Å². The van der Waals surface area contributed by atoms with Gasteiger partial charge < -0.3 is 15.1 Å². The third-order valence-electron chi connectivity index (χ3n) is 5.10. The standard InChI is InChI=1S/C21H27BrN4O3S/c1-24(19-8-3-2-4-9-19)12-6-11-23-21(27)25-13-15-26(16-14-25)30(28,29)20-10-5-7-18(22)17-20/h2-5,7-10,17H,6,11-16H2,1H3,(H,23,27). The van der Waals surface area contributed by atoms with E-state index in [1.165, 1.54) is 4.31 Å². The number of hydrogen-bond acceptors (Lipinski definition) is 4. The summed E-state index contributed by atoms with van der Waals surface area (Å²) in [4.78, 5) is 16.5. The van der Waals surface area contributed by atoms with Crippen molar-refractivity contribution in [2.24, 2.45) is 0 Å². The predicted molar refractivity (Wildman–Crippen MR) is 122 cm³/mol. The zero-order chi connectivity index (χ0) is 21.6. The Morgan fingerprint density at radius 1 is 1.07 bits per heavy atom. The lowest BCUT2D eigenvalue weighted by atomic mass is 10.3. The third kappa shape index (κ3) is 5.74. The van der Waals surface area contributed by atoms with E-state index in [0.29, 0.717) is 32.7 Å². The number of halogens is 1. The van der Waals surface area contributed by atoms with Crippen molar-refractivity contribution in [2.75, 3.05) is 51.2 Å². The van der Waals surface area contributed by atoms with Gasteiger partial charge in [0.25, 0.3) is 0 Å². The lowest BCUT2D eigenvalue weighted by molar-refractivity contribution is 0.172. The van der Waals surface area contributed by atoms with Crippen LogP contribution in [0.1, 0.15) is 6.42 Å². The Bertz CT molecular complexity index is 948. The molecule has 0 saturated carbocycles. The molecule has 3 rings (SSSR count). The minimum atomic E-state index is -3.55. The topological polar surface area (TPSA) is 73.0 Å². The Kier molecular flexibility index (Phi) is 7.74. The molecule has 30 heavy (non-hydrogen) atoms. The van der Waals surface area contributed by atoms with Crippen LogP contribution >= 0.6 is 15.9 Å². The molecule has 7 nitrogen and oxygen atoms in total. The van der Waals surface area contributed by atoms with Gasteiger partial charge in [-0.1, -0.05) is 40.2 Å². The van der Waals surface area contributed by atoms with E-state index < -0.39 is 10.0 Å². The maximum absolute atomic E-state index is 12.8. The number of carbonyl (C=O) groups is 1. The van der Waals surface area contributed by atoms with Gasteiger partial charge in [0, 0.05) is 56.5 Å². The van der Waals surface area contributed by atoms with Gasteiger partial charge in [0.1, 0.15) is 0 Å². The summed E-state index contributed by atoms with van der Waals surface area (Å²) in [6, 6.07) is 16.6. The molecule has 1 aliphatic heterocycles. The Labute approximate surface area is 186 Å². The van der Waals surface area contributed by atoms with E-state index in [0.717, 1.165) is 23.1 Å². The number of urea groups is 1. The fourth-order valence-electron chi connectivity index (χ4n) is 3.34. The highest BCUT2D eigenvalue weighted by Crippen LogP contribution is 2.21. The maximum Gasteiger partial charge on any atom is 0.317 e. The molecular formula is C21H27BrN4O3S.